The Morgan fingerprint density at radius 2 is 1.28 bits per heavy atom. The van der Waals surface area contributed by atoms with Crippen LogP contribution in [0.2, 0.25) is 0 Å². The Morgan fingerprint density at radius 3 is 2.17 bits per heavy atom. The topological polar surface area (TPSA) is 20.2 Å². The third kappa shape index (κ3) is 1.77. The first-order valence-electron chi connectivity index (χ1n) is 8.51. The molecule has 0 saturated heterocycles. The van der Waals surface area contributed by atoms with E-state index in [0.29, 0.717) is 0 Å². The molecule has 1 N–H and O–H groups in total. The van der Waals surface area contributed by atoms with Crippen molar-refractivity contribution < 1.29 is 5.11 Å². The van der Waals surface area contributed by atoms with Crippen molar-refractivity contribution in [1.29, 1.82) is 0 Å². The molecule has 7 atom stereocenters. The summed E-state index contributed by atoms with van der Waals surface area (Å²) in [5, 5.41) is 9.98. The smallest absolute Gasteiger partial charge is 0.0545 e. The van der Waals surface area contributed by atoms with Crippen LogP contribution in [0, 0.1) is 35.5 Å². The maximum absolute atomic E-state index is 9.98. The third-order valence-electron chi connectivity index (χ3n) is 7.08. The van der Waals surface area contributed by atoms with Crippen molar-refractivity contribution in [2.45, 2.75) is 70.3 Å². The largest absolute Gasteiger partial charge is 0.393 e. The summed E-state index contributed by atoms with van der Waals surface area (Å²) in [7, 11) is 0. The monoisotopic (exact) mass is 248 g/mol. The van der Waals surface area contributed by atoms with Crippen molar-refractivity contribution in [3.63, 3.8) is 0 Å². The number of hydrogen-bond donors (Lipinski definition) is 1. The predicted octanol–water partition coefficient (Wildman–Crippen LogP) is 4.00. The lowest BCUT2D eigenvalue weighted by atomic mass is 9.54. The van der Waals surface area contributed by atoms with Gasteiger partial charge < -0.3 is 5.11 Å². The zero-order valence-electron chi connectivity index (χ0n) is 11.6. The molecule has 0 aromatic heterocycles. The Labute approximate surface area is 111 Å². The fourth-order valence-electron chi connectivity index (χ4n) is 6.45. The first-order valence-corrected chi connectivity index (χ1v) is 8.51. The van der Waals surface area contributed by atoms with Crippen molar-refractivity contribution in [1.82, 2.24) is 0 Å². The van der Waals surface area contributed by atoms with Crippen molar-refractivity contribution in [2.24, 2.45) is 35.5 Å². The average molecular weight is 248 g/mol. The quantitative estimate of drug-likeness (QED) is 0.687. The van der Waals surface area contributed by atoms with Crippen molar-refractivity contribution in [3.8, 4) is 0 Å². The van der Waals surface area contributed by atoms with Gasteiger partial charge in [0.1, 0.15) is 0 Å². The summed E-state index contributed by atoms with van der Waals surface area (Å²) in [5.41, 5.74) is 0. The van der Waals surface area contributed by atoms with Gasteiger partial charge in [-0.25, -0.2) is 0 Å². The van der Waals surface area contributed by atoms with E-state index in [1.165, 1.54) is 51.4 Å². The highest BCUT2D eigenvalue weighted by molar-refractivity contribution is 4.99. The zero-order valence-corrected chi connectivity index (χ0v) is 11.6. The first-order chi connectivity index (χ1) is 8.83. The van der Waals surface area contributed by atoms with Crippen molar-refractivity contribution in [2.75, 3.05) is 0 Å². The first kappa shape index (κ1) is 11.8. The van der Waals surface area contributed by atoms with Crippen molar-refractivity contribution >= 4 is 0 Å². The zero-order chi connectivity index (χ0) is 12.1. The van der Waals surface area contributed by atoms with Crippen molar-refractivity contribution in [3.05, 3.63) is 0 Å². The maximum Gasteiger partial charge on any atom is 0.0545 e. The molecule has 0 aromatic rings. The van der Waals surface area contributed by atoms with E-state index in [1.807, 2.05) is 0 Å². The summed E-state index contributed by atoms with van der Waals surface area (Å²) in [5.74, 6) is 6.01. The molecule has 0 amide bonds. The SMILES string of the molecule is OC1C[C@H]2CC[C@H]3[C@@H](CCC4CCCC[C@@H]43)[C@@H]2C1. The summed E-state index contributed by atoms with van der Waals surface area (Å²) in [6, 6.07) is 0. The fraction of sp³-hybridized carbons (Fsp3) is 1.00. The summed E-state index contributed by atoms with van der Waals surface area (Å²) in [6.45, 7) is 0. The van der Waals surface area contributed by atoms with E-state index < -0.39 is 0 Å². The molecule has 0 aromatic carbocycles. The minimum absolute atomic E-state index is 0.0443. The number of hydrogen-bond acceptors (Lipinski definition) is 1. The lowest BCUT2D eigenvalue weighted by molar-refractivity contribution is -0.0190. The molecule has 102 valence electrons. The Bertz CT molecular complexity index is 299. The Balaban J connectivity index is 1.55. The number of aliphatic hydroxyl groups is 1. The lowest BCUT2D eigenvalue weighted by Gasteiger charge is -2.51. The second-order valence-electron chi connectivity index (χ2n) is 7.74. The van der Waals surface area contributed by atoms with E-state index >= 15 is 0 Å². The molecule has 0 heterocycles. The van der Waals surface area contributed by atoms with Gasteiger partial charge in [0.25, 0.3) is 0 Å². The standard InChI is InChI=1S/C17H28O/c18-13-9-12-6-8-15-14-4-2-1-3-11(14)5-7-16(15)17(12)10-13/h11-18H,1-10H2/t11?,12-,13?,14+,15-,16-,17-/m1/s1. The molecule has 18 heavy (non-hydrogen) atoms. The van der Waals surface area contributed by atoms with Crippen LogP contribution >= 0.6 is 0 Å². The molecule has 2 unspecified atom stereocenters. The van der Waals surface area contributed by atoms with Crippen LogP contribution in [0.3, 0.4) is 0 Å². The molecule has 4 aliphatic rings. The van der Waals surface area contributed by atoms with E-state index in [0.717, 1.165) is 48.3 Å². The maximum atomic E-state index is 9.98. The second kappa shape index (κ2) is 4.51. The van der Waals surface area contributed by atoms with E-state index in [4.69, 9.17) is 0 Å². The molecule has 0 aliphatic heterocycles. The van der Waals surface area contributed by atoms with Gasteiger partial charge in [0, 0.05) is 0 Å². The van der Waals surface area contributed by atoms with Gasteiger partial charge in [-0.1, -0.05) is 19.3 Å². The molecule has 4 fully saturated rings. The molecule has 4 rings (SSSR count). The molecule has 4 aliphatic carbocycles. The lowest BCUT2D eigenvalue weighted by Crippen LogP contribution is -2.43. The highest BCUT2D eigenvalue weighted by Crippen LogP contribution is 2.57. The van der Waals surface area contributed by atoms with Gasteiger partial charge in [0.15, 0.2) is 0 Å². The molecule has 4 saturated carbocycles. The molecular weight excluding hydrogens is 220 g/mol. The van der Waals surface area contributed by atoms with Crippen LogP contribution in [0.5, 0.6) is 0 Å². The molecule has 0 radical (unpaired) electrons. The minimum atomic E-state index is 0.0443. The van der Waals surface area contributed by atoms with Crippen LogP contribution in [0.1, 0.15) is 64.2 Å². The fourth-order valence-corrected chi connectivity index (χ4v) is 6.45. The van der Waals surface area contributed by atoms with Crippen LogP contribution in [0.4, 0.5) is 0 Å². The Morgan fingerprint density at radius 1 is 0.556 bits per heavy atom. The number of fused-ring (bicyclic) bond motifs is 5. The average Bonchev–Trinajstić information content (AvgIpc) is 2.79. The van der Waals surface area contributed by atoms with Gasteiger partial charge >= 0.3 is 0 Å². The molecule has 0 bridgehead atoms. The van der Waals surface area contributed by atoms with Gasteiger partial charge in [-0.15, -0.1) is 0 Å². The van der Waals surface area contributed by atoms with Gasteiger partial charge in [-0.05, 0) is 80.5 Å². The van der Waals surface area contributed by atoms with Crippen LogP contribution in [-0.2, 0) is 0 Å². The van der Waals surface area contributed by atoms with Gasteiger partial charge in [-0.2, -0.15) is 0 Å². The van der Waals surface area contributed by atoms with Gasteiger partial charge in [0.2, 0.25) is 0 Å². The van der Waals surface area contributed by atoms with Crippen LogP contribution in [0.15, 0.2) is 0 Å². The summed E-state index contributed by atoms with van der Waals surface area (Å²) in [4.78, 5) is 0. The number of rotatable bonds is 0. The summed E-state index contributed by atoms with van der Waals surface area (Å²) in [6.07, 6.45) is 14.3. The molecule has 1 nitrogen and oxygen atoms in total. The minimum Gasteiger partial charge on any atom is -0.393 e. The van der Waals surface area contributed by atoms with E-state index in [2.05, 4.69) is 0 Å². The highest BCUT2D eigenvalue weighted by atomic mass is 16.3. The van der Waals surface area contributed by atoms with E-state index in [1.54, 1.807) is 0 Å². The predicted molar refractivity (Wildman–Crippen MR) is 73.1 cm³/mol. The van der Waals surface area contributed by atoms with E-state index in [9.17, 15) is 5.11 Å². The normalized spacial score (nSPS) is 55.5. The molecule has 0 spiro atoms. The summed E-state index contributed by atoms with van der Waals surface area (Å²) < 4.78 is 0. The molecule has 1 heteroatoms. The Kier molecular flexibility index (Phi) is 2.94. The van der Waals surface area contributed by atoms with Gasteiger partial charge in [0.05, 0.1) is 6.10 Å². The van der Waals surface area contributed by atoms with E-state index in [-0.39, 0.29) is 6.10 Å². The Hall–Kier alpha value is -0.0400. The van der Waals surface area contributed by atoms with Gasteiger partial charge in [-0.3, -0.25) is 0 Å². The number of aliphatic hydroxyl groups excluding tert-OH is 1. The second-order valence-corrected chi connectivity index (χ2v) is 7.74. The van der Waals surface area contributed by atoms with Crippen LogP contribution in [-0.4, -0.2) is 11.2 Å². The highest BCUT2D eigenvalue weighted by Gasteiger charge is 2.49. The van der Waals surface area contributed by atoms with Crippen LogP contribution < -0.4 is 0 Å². The summed E-state index contributed by atoms with van der Waals surface area (Å²) >= 11 is 0. The molecular formula is C17H28O. The van der Waals surface area contributed by atoms with Crippen LogP contribution in [0.25, 0.3) is 0 Å². The third-order valence-corrected chi connectivity index (χ3v) is 7.08.